The van der Waals surface area contributed by atoms with E-state index in [-0.39, 0.29) is 5.91 Å². The highest BCUT2D eigenvalue weighted by atomic mass is 79.9. The Labute approximate surface area is 190 Å². The number of nitrogens with zero attached hydrogens (tertiary/aromatic N) is 1. The highest BCUT2D eigenvalue weighted by molar-refractivity contribution is 9.10. The van der Waals surface area contributed by atoms with Crippen molar-refractivity contribution in [2.24, 2.45) is 0 Å². The Morgan fingerprint density at radius 3 is 2.50 bits per heavy atom. The molecule has 0 aromatic heterocycles. The van der Waals surface area contributed by atoms with E-state index in [4.69, 9.17) is 21.7 Å². The van der Waals surface area contributed by atoms with Crippen LogP contribution in [0, 0.1) is 0 Å². The van der Waals surface area contributed by atoms with E-state index in [1.165, 1.54) is 11.8 Å². The molecule has 1 saturated heterocycles. The van der Waals surface area contributed by atoms with Gasteiger partial charge in [-0.05, 0) is 48.4 Å². The molecule has 2 aromatic carbocycles. The van der Waals surface area contributed by atoms with Gasteiger partial charge < -0.3 is 9.47 Å². The highest BCUT2D eigenvalue weighted by Gasteiger charge is 2.30. The maximum absolute atomic E-state index is 12.4. The van der Waals surface area contributed by atoms with Gasteiger partial charge in [-0.1, -0.05) is 68.0 Å². The van der Waals surface area contributed by atoms with Gasteiger partial charge >= 0.3 is 0 Å². The average molecular weight is 543 g/mol. The van der Waals surface area contributed by atoms with E-state index in [9.17, 15) is 4.79 Å². The zero-order valence-electron chi connectivity index (χ0n) is 15.2. The first kappa shape index (κ1) is 21.4. The molecule has 1 heterocycles. The van der Waals surface area contributed by atoms with Crippen LogP contribution in [0.1, 0.15) is 18.1 Å². The van der Waals surface area contributed by atoms with E-state index >= 15 is 0 Å². The fourth-order valence-electron chi connectivity index (χ4n) is 2.59. The molecule has 146 valence electrons. The minimum absolute atomic E-state index is 0.0704. The van der Waals surface area contributed by atoms with Gasteiger partial charge in [-0.3, -0.25) is 9.69 Å². The molecule has 0 radical (unpaired) electrons. The molecule has 0 aliphatic carbocycles. The molecule has 2 aromatic rings. The van der Waals surface area contributed by atoms with E-state index < -0.39 is 0 Å². The quantitative estimate of drug-likeness (QED) is 0.329. The molecule has 1 aliphatic heterocycles. The Morgan fingerprint density at radius 1 is 1.18 bits per heavy atom. The van der Waals surface area contributed by atoms with Crippen molar-refractivity contribution in [1.82, 2.24) is 4.90 Å². The average Bonchev–Trinajstić information content (AvgIpc) is 2.95. The minimum atomic E-state index is -0.0704. The molecule has 0 unspecified atom stereocenters. The summed E-state index contributed by atoms with van der Waals surface area (Å²) in [5.41, 5.74) is 1.87. The monoisotopic (exact) mass is 541 g/mol. The SMILES string of the molecule is CCN1C(=O)/C(=C/c2cc(OC)c(OCc3ccc(Br)cc3)cc2Br)SC1=S. The van der Waals surface area contributed by atoms with Gasteiger partial charge in [0.2, 0.25) is 0 Å². The van der Waals surface area contributed by atoms with E-state index in [1.807, 2.05) is 49.4 Å². The summed E-state index contributed by atoms with van der Waals surface area (Å²) >= 11 is 13.6. The molecule has 0 spiro atoms. The number of amides is 1. The Kier molecular flexibility index (Phi) is 7.20. The molecule has 1 aliphatic rings. The smallest absolute Gasteiger partial charge is 0.266 e. The summed E-state index contributed by atoms with van der Waals surface area (Å²) in [5, 5.41) is 0. The zero-order valence-corrected chi connectivity index (χ0v) is 20.0. The van der Waals surface area contributed by atoms with Crippen LogP contribution in [-0.2, 0) is 11.4 Å². The van der Waals surface area contributed by atoms with E-state index in [1.54, 1.807) is 12.0 Å². The summed E-state index contributed by atoms with van der Waals surface area (Å²) in [6.07, 6.45) is 1.82. The van der Waals surface area contributed by atoms with Crippen LogP contribution in [-0.4, -0.2) is 28.8 Å². The molecule has 3 rings (SSSR count). The Morgan fingerprint density at radius 2 is 1.89 bits per heavy atom. The Hall–Kier alpha value is -1.35. The van der Waals surface area contributed by atoms with Gasteiger partial charge in [0.25, 0.3) is 5.91 Å². The third kappa shape index (κ3) is 4.79. The molecule has 0 bridgehead atoms. The normalized spacial score (nSPS) is 15.4. The van der Waals surface area contributed by atoms with Crippen LogP contribution < -0.4 is 9.47 Å². The van der Waals surface area contributed by atoms with Crippen LogP contribution in [0.2, 0.25) is 0 Å². The van der Waals surface area contributed by atoms with Crippen molar-refractivity contribution in [2.75, 3.05) is 13.7 Å². The number of rotatable bonds is 6. The number of methoxy groups -OCH3 is 1. The second-order valence-electron chi connectivity index (χ2n) is 5.87. The molecule has 28 heavy (non-hydrogen) atoms. The molecule has 0 N–H and O–H groups in total. The summed E-state index contributed by atoms with van der Waals surface area (Å²) in [6.45, 7) is 2.89. The number of likely N-dealkylation sites (N-methyl/N-ethyl adjacent to an activating group) is 1. The molecule has 1 fully saturated rings. The first-order valence-electron chi connectivity index (χ1n) is 8.43. The van der Waals surface area contributed by atoms with Crippen molar-refractivity contribution in [1.29, 1.82) is 0 Å². The number of hydrogen-bond acceptors (Lipinski definition) is 5. The van der Waals surface area contributed by atoms with E-state index in [2.05, 4.69) is 31.9 Å². The molecule has 0 atom stereocenters. The first-order valence-corrected chi connectivity index (χ1v) is 11.2. The van der Waals surface area contributed by atoms with E-state index in [0.717, 1.165) is 20.1 Å². The number of halogens is 2. The number of benzene rings is 2. The van der Waals surface area contributed by atoms with Gasteiger partial charge in [0.1, 0.15) is 10.9 Å². The fraction of sp³-hybridized carbons (Fsp3) is 0.200. The predicted octanol–water partition coefficient (Wildman–Crippen LogP) is 6.02. The van der Waals surface area contributed by atoms with Crippen molar-refractivity contribution in [3.8, 4) is 11.5 Å². The van der Waals surface area contributed by atoms with Crippen LogP contribution in [0.25, 0.3) is 6.08 Å². The lowest BCUT2D eigenvalue weighted by atomic mass is 10.1. The summed E-state index contributed by atoms with van der Waals surface area (Å²) in [7, 11) is 1.59. The van der Waals surface area contributed by atoms with E-state index in [0.29, 0.717) is 33.9 Å². The second kappa shape index (κ2) is 9.43. The Balaban J connectivity index is 1.83. The molecule has 1 amide bonds. The summed E-state index contributed by atoms with van der Waals surface area (Å²) in [6, 6.07) is 11.6. The summed E-state index contributed by atoms with van der Waals surface area (Å²) < 4.78 is 13.8. The van der Waals surface area contributed by atoms with Crippen molar-refractivity contribution in [2.45, 2.75) is 13.5 Å². The van der Waals surface area contributed by atoms with Crippen molar-refractivity contribution < 1.29 is 14.3 Å². The van der Waals surface area contributed by atoms with Gasteiger partial charge in [-0.15, -0.1) is 0 Å². The van der Waals surface area contributed by atoms with Crippen molar-refractivity contribution in [3.05, 3.63) is 61.4 Å². The van der Waals surface area contributed by atoms with Gasteiger partial charge in [0, 0.05) is 15.5 Å². The van der Waals surface area contributed by atoms with Crippen LogP contribution in [0.5, 0.6) is 11.5 Å². The molecule has 8 heteroatoms. The molecule has 0 saturated carbocycles. The molecular formula is C20H17Br2NO3S2. The Bertz CT molecular complexity index is 945. The van der Waals surface area contributed by atoms with Crippen molar-refractivity contribution in [3.63, 3.8) is 0 Å². The van der Waals surface area contributed by atoms with Crippen LogP contribution in [0.3, 0.4) is 0 Å². The second-order valence-corrected chi connectivity index (χ2v) is 9.31. The summed E-state index contributed by atoms with van der Waals surface area (Å²) in [5.74, 6) is 1.15. The lowest BCUT2D eigenvalue weighted by Crippen LogP contribution is -2.27. The predicted molar refractivity (Wildman–Crippen MR) is 125 cm³/mol. The zero-order chi connectivity index (χ0) is 20.3. The number of carbonyl (C=O) groups excluding carboxylic acids is 1. The number of thioether (sulfide) groups is 1. The highest BCUT2D eigenvalue weighted by Crippen LogP contribution is 2.38. The van der Waals surface area contributed by atoms with Gasteiger partial charge in [0.15, 0.2) is 11.5 Å². The lowest BCUT2D eigenvalue weighted by molar-refractivity contribution is -0.121. The summed E-state index contributed by atoms with van der Waals surface area (Å²) in [4.78, 5) is 14.6. The molecular weight excluding hydrogens is 526 g/mol. The minimum Gasteiger partial charge on any atom is -0.493 e. The number of ether oxygens (including phenoxy) is 2. The van der Waals surface area contributed by atoms with Gasteiger partial charge in [0.05, 0.1) is 12.0 Å². The standard InChI is InChI=1S/C20H17Br2NO3S2/c1-3-23-19(24)18(28-20(23)27)9-13-8-16(25-2)17(10-15(13)22)26-11-12-4-6-14(21)7-5-12/h4-10H,3,11H2,1-2H3/b18-9-. The maximum atomic E-state index is 12.4. The fourth-order valence-corrected chi connectivity index (χ4v) is 4.67. The van der Waals surface area contributed by atoms with Crippen molar-refractivity contribution >= 4 is 72.1 Å². The third-order valence-corrected chi connectivity index (χ3v) is 6.66. The largest absolute Gasteiger partial charge is 0.493 e. The number of thiocarbonyl (C=S) groups is 1. The number of carbonyl (C=O) groups is 1. The number of hydrogen-bond donors (Lipinski definition) is 0. The van der Waals surface area contributed by atoms with Crippen LogP contribution in [0.4, 0.5) is 0 Å². The van der Waals surface area contributed by atoms with Gasteiger partial charge in [-0.2, -0.15) is 0 Å². The van der Waals surface area contributed by atoms with Crippen LogP contribution >= 0.6 is 55.8 Å². The first-order chi connectivity index (χ1) is 13.4. The van der Waals surface area contributed by atoms with Gasteiger partial charge in [-0.25, -0.2) is 0 Å². The topological polar surface area (TPSA) is 38.8 Å². The lowest BCUT2D eigenvalue weighted by Gasteiger charge is -2.13. The van der Waals surface area contributed by atoms with Crippen LogP contribution in [0.15, 0.2) is 50.2 Å². The third-order valence-electron chi connectivity index (χ3n) is 4.07. The molecule has 4 nitrogen and oxygen atoms in total. The maximum Gasteiger partial charge on any atom is 0.266 e.